The molecule has 0 aromatic carbocycles. The number of hydrogen-bond donors (Lipinski definition) is 3. The first-order valence-corrected chi connectivity index (χ1v) is 7.45. The van der Waals surface area contributed by atoms with E-state index >= 15 is 0 Å². The van der Waals surface area contributed by atoms with Crippen molar-refractivity contribution in [2.75, 3.05) is 37.9 Å². The molecule has 0 aliphatic heterocycles. The molecule has 106 valence electrons. The maximum atomic E-state index is 11.5. The van der Waals surface area contributed by atoms with Gasteiger partial charge in [-0.2, -0.15) is 0 Å². The van der Waals surface area contributed by atoms with Gasteiger partial charge in [-0.15, -0.1) is 11.3 Å². The maximum Gasteiger partial charge on any atom is 0.263 e. The van der Waals surface area contributed by atoms with Gasteiger partial charge in [0.25, 0.3) is 5.91 Å². The van der Waals surface area contributed by atoms with Crippen molar-refractivity contribution < 1.29 is 9.53 Å². The Kier molecular flexibility index (Phi) is 5.04. The molecule has 1 heterocycles. The molecule has 1 amide bonds. The summed E-state index contributed by atoms with van der Waals surface area (Å²) in [5.41, 5.74) is 6.32. The number of thiophene rings is 1. The molecule has 1 aliphatic carbocycles. The topological polar surface area (TPSA) is 76.4 Å². The third kappa shape index (κ3) is 4.40. The number of anilines is 2. The molecule has 6 heteroatoms. The van der Waals surface area contributed by atoms with E-state index in [0.29, 0.717) is 10.6 Å². The third-order valence-corrected chi connectivity index (χ3v) is 4.12. The highest BCUT2D eigenvalue weighted by Crippen LogP contribution is 2.29. The zero-order chi connectivity index (χ0) is 13.7. The van der Waals surface area contributed by atoms with Gasteiger partial charge in [0.1, 0.15) is 4.88 Å². The molecule has 2 rings (SSSR count). The quantitative estimate of drug-likeness (QED) is 0.637. The lowest BCUT2D eigenvalue weighted by atomic mass is 10.3. The van der Waals surface area contributed by atoms with Crippen LogP contribution in [0.4, 0.5) is 10.7 Å². The first-order chi connectivity index (χ1) is 9.20. The zero-order valence-electron chi connectivity index (χ0n) is 11.2. The molecule has 19 heavy (non-hydrogen) atoms. The van der Waals surface area contributed by atoms with Crippen molar-refractivity contribution in [3.8, 4) is 0 Å². The Labute approximate surface area is 117 Å². The van der Waals surface area contributed by atoms with E-state index in [1.54, 1.807) is 13.1 Å². The number of nitrogen functional groups attached to an aromatic ring is 1. The highest BCUT2D eigenvalue weighted by atomic mass is 32.1. The minimum atomic E-state index is -0.136. The highest BCUT2D eigenvalue weighted by Gasteiger charge is 2.20. The molecule has 1 aliphatic rings. The monoisotopic (exact) mass is 283 g/mol. The van der Waals surface area contributed by atoms with Gasteiger partial charge in [-0.1, -0.05) is 0 Å². The fourth-order valence-corrected chi connectivity index (χ4v) is 2.66. The van der Waals surface area contributed by atoms with Crippen LogP contribution in [-0.2, 0) is 4.74 Å². The molecule has 4 N–H and O–H groups in total. The van der Waals surface area contributed by atoms with Gasteiger partial charge < -0.3 is 21.1 Å². The van der Waals surface area contributed by atoms with E-state index in [-0.39, 0.29) is 5.91 Å². The van der Waals surface area contributed by atoms with Crippen LogP contribution in [0.15, 0.2) is 6.07 Å². The fourth-order valence-electron chi connectivity index (χ4n) is 1.70. The van der Waals surface area contributed by atoms with Gasteiger partial charge in [0.05, 0.1) is 10.7 Å². The van der Waals surface area contributed by atoms with Crippen LogP contribution in [0.2, 0.25) is 0 Å². The Morgan fingerprint density at radius 2 is 2.37 bits per heavy atom. The Morgan fingerprint density at radius 3 is 3.05 bits per heavy atom. The number of nitrogens with two attached hydrogens (primary N) is 1. The predicted octanol–water partition coefficient (Wildman–Crippen LogP) is 1.92. The molecule has 0 unspecified atom stereocenters. The van der Waals surface area contributed by atoms with Crippen molar-refractivity contribution in [2.24, 2.45) is 5.92 Å². The number of carbonyl (C=O) groups is 1. The number of carbonyl (C=O) groups excluding carboxylic acids is 1. The molecule has 5 nitrogen and oxygen atoms in total. The largest absolute Gasteiger partial charge is 0.397 e. The van der Waals surface area contributed by atoms with E-state index in [0.717, 1.165) is 37.1 Å². The molecule has 1 saturated carbocycles. The van der Waals surface area contributed by atoms with Gasteiger partial charge in [-0.3, -0.25) is 4.79 Å². The molecule has 0 atom stereocenters. The highest BCUT2D eigenvalue weighted by molar-refractivity contribution is 7.18. The van der Waals surface area contributed by atoms with Gasteiger partial charge in [-0.25, -0.2) is 0 Å². The molecule has 0 radical (unpaired) electrons. The first-order valence-electron chi connectivity index (χ1n) is 6.63. The third-order valence-electron chi connectivity index (χ3n) is 3.01. The Hall–Kier alpha value is -1.27. The number of amides is 1. The molecule has 0 bridgehead atoms. The molecule has 1 aromatic heterocycles. The molecule has 1 aromatic rings. The van der Waals surface area contributed by atoms with E-state index in [9.17, 15) is 4.79 Å². The zero-order valence-corrected chi connectivity index (χ0v) is 12.0. The van der Waals surface area contributed by atoms with E-state index in [4.69, 9.17) is 10.5 Å². The fraction of sp³-hybridized carbons (Fsp3) is 0.615. The number of hydrogen-bond acceptors (Lipinski definition) is 5. The molecule has 1 fully saturated rings. The molecule has 0 saturated heterocycles. The standard InChI is InChI=1S/C13H21N3O2S/c1-15-13(17)12-10(14)7-11(19-12)16-5-2-6-18-8-9-3-4-9/h7,9,16H,2-6,8,14H2,1H3,(H,15,17). The van der Waals surface area contributed by atoms with Crippen molar-refractivity contribution in [1.82, 2.24) is 5.32 Å². The summed E-state index contributed by atoms with van der Waals surface area (Å²) in [7, 11) is 1.60. The lowest BCUT2D eigenvalue weighted by Gasteiger charge is -2.04. The van der Waals surface area contributed by atoms with Crippen LogP contribution >= 0.6 is 11.3 Å². The van der Waals surface area contributed by atoms with Gasteiger partial charge in [0, 0.05) is 26.8 Å². The number of rotatable bonds is 8. The first kappa shape index (κ1) is 14.1. The van der Waals surface area contributed by atoms with E-state index < -0.39 is 0 Å². The van der Waals surface area contributed by atoms with Gasteiger partial charge in [-0.05, 0) is 31.2 Å². The van der Waals surface area contributed by atoms with Crippen LogP contribution in [0.5, 0.6) is 0 Å². The van der Waals surface area contributed by atoms with Crippen LogP contribution in [0.1, 0.15) is 28.9 Å². The Balaban J connectivity index is 1.65. The lowest BCUT2D eigenvalue weighted by Crippen LogP contribution is -2.17. The summed E-state index contributed by atoms with van der Waals surface area (Å²) < 4.78 is 5.55. The second-order valence-corrected chi connectivity index (χ2v) is 5.83. The molecular weight excluding hydrogens is 262 g/mol. The van der Waals surface area contributed by atoms with Crippen molar-refractivity contribution in [2.45, 2.75) is 19.3 Å². The Morgan fingerprint density at radius 1 is 1.58 bits per heavy atom. The van der Waals surface area contributed by atoms with Crippen LogP contribution in [0.3, 0.4) is 0 Å². The summed E-state index contributed by atoms with van der Waals surface area (Å²) in [4.78, 5) is 12.1. The van der Waals surface area contributed by atoms with Crippen molar-refractivity contribution in [3.63, 3.8) is 0 Å². The van der Waals surface area contributed by atoms with Gasteiger partial charge >= 0.3 is 0 Å². The van der Waals surface area contributed by atoms with E-state index in [1.807, 2.05) is 0 Å². The van der Waals surface area contributed by atoms with Crippen LogP contribution in [0, 0.1) is 5.92 Å². The second-order valence-electron chi connectivity index (χ2n) is 4.77. The molecular formula is C13H21N3O2S. The second kappa shape index (κ2) is 6.77. The Bertz CT molecular complexity index is 430. The lowest BCUT2D eigenvalue weighted by molar-refractivity contribution is 0.0968. The summed E-state index contributed by atoms with van der Waals surface area (Å²) in [5.74, 6) is 0.684. The van der Waals surface area contributed by atoms with Gasteiger partial charge in [0.15, 0.2) is 0 Å². The van der Waals surface area contributed by atoms with Crippen LogP contribution in [-0.4, -0.2) is 32.7 Å². The minimum Gasteiger partial charge on any atom is -0.397 e. The molecule has 0 spiro atoms. The summed E-state index contributed by atoms with van der Waals surface area (Å²) in [5, 5.41) is 6.78. The summed E-state index contributed by atoms with van der Waals surface area (Å²) in [6, 6.07) is 1.81. The van der Waals surface area contributed by atoms with Crippen LogP contribution < -0.4 is 16.4 Å². The normalized spacial score (nSPS) is 14.4. The van der Waals surface area contributed by atoms with Crippen molar-refractivity contribution in [1.29, 1.82) is 0 Å². The average molecular weight is 283 g/mol. The van der Waals surface area contributed by atoms with E-state index in [1.165, 1.54) is 24.2 Å². The minimum absolute atomic E-state index is 0.136. The average Bonchev–Trinajstić information content (AvgIpc) is 3.15. The summed E-state index contributed by atoms with van der Waals surface area (Å²) >= 11 is 1.38. The SMILES string of the molecule is CNC(=O)c1sc(NCCCOCC2CC2)cc1N. The van der Waals surface area contributed by atoms with Crippen molar-refractivity contribution in [3.05, 3.63) is 10.9 Å². The van der Waals surface area contributed by atoms with E-state index in [2.05, 4.69) is 10.6 Å². The summed E-state index contributed by atoms with van der Waals surface area (Å²) in [6.07, 6.45) is 3.61. The summed E-state index contributed by atoms with van der Waals surface area (Å²) in [6.45, 7) is 2.53. The van der Waals surface area contributed by atoms with Crippen molar-refractivity contribution >= 4 is 27.9 Å². The smallest absolute Gasteiger partial charge is 0.263 e. The number of nitrogens with one attached hydrogen (secondary N) is 2. The van der Waals surface area contributed by atoms with Crippen LogP contribution in [0.25, 0.3) is 0 Å². The predicted molar refractivity (Wildman–Crippen MR) is 78.8 cm³/mol. The van der Waals surface area contributed by atoms with Gasteiger partial charge in [0.2, 0.25) is 0 Å². The maximum absolute atomic E-state index is 11.5. The number of ether oxygens (including phenoxy) is 1.